The number of halogens is 3. The highest BCUT2D eigenvalue weighted by atomic mass is 19.4. The van der Waals surface area contributed by atoms with Gasteiger partial charge in [0.25, 0.3) is 11.6 Å². The maximum absolute atomic E-state index is 13.5. The molecule has 24 heavy (non-hydrogen) atoms. The number of carbonyl (C=O) groups excluding carboxylic acids is 1. The van der Waals surface area contributed by atoms with Crippen molar-refractivity contribution in [3.63, 3.8) is 0 Å². The van der Waals surface area contributed by atoms with Gasteiger partial charge < -0.3 is 5.11 Å². The van der Waals surface area contributed by atoms with Gasteiger partial charge in [-0.2, -0.15) is 23.3 Å². The number of hydrogen-bond acceptors (Lipinski definition) is 3. The highest BCUT2D eigenvalue weighted by Gasteiger charge is 2.63. The Morgan fingerprint density at radius 1 is 1.17 bits per heavy atom. The number of carbonyl (C=O) groups is 1. The highest BCUT2D eigenvalue weighted by Crippen LogP contribution is 2.43. The first kappa shape index (κ1) is 17.0. The molecule has 0 bridgehead atoms. The first-order chi connectivity index (χ1) is 11.3. The van der Waals surface area contributed by atoms with Crippen molar-refractivity contribution in [2.24, 2.45) is 11.0 Å². The van der Waals surface area contributed by atoms with E-state index in [1.54, 1.807) is 18.2 Å². The zero-order valence-electron chi connectivity index (χ0n) is 13.1. The minimum atomic E-state index is -4.97. The third kappa shape index (κ3) is 2.92. The Bertz CT molecular complexity index is 639. The molecule has 130 valence electrons. The largest absolute Gasteiger partial charge is 0.438 e. The molecule has 1 heterocycles. The second-order valence-electron chi connectivity index (χ2n) is 6.40. The maximum Gasteiger partial charge on any atom is 0.438 e. The van der Waals surface area contributed by atoms with E-state index >= 15 is 0 Å². The van der Waals surface area contributed by atoms with E-state index in [1.807, 2.05) is 0 Å². The Labute approximate surface area is 138 Å². The van der Waals surface area contributed by atoms with Crippen molar-refractivity contribution in [1.82, 2.24) is 5.01 Å². The smallest absolute Gasteiger partial charge is 0.362 e. The van der Waals surface area contributed by atoms with Gasteiger partial charge in [0.1, 0.15) is 0 Å². The second kappa shape index (κ2) is 6.20. The summed E-state index contributed by atoms with van der Waals surface area (Å²) in [4.78, 5) is 12.5. The van der Waals surface area contributed by atoms with Gasteiger partial charge in [0.15, 0.2) is 0 Å². The van der Waals surface area contributed by atoms with E-state index in [4.69, 9.17) is 0 Å². The van der Waals surface area contributed by atoms with Crippen LogP contribution in [0.1, 0.15) is 48.9 Å². The minimum Gasteiger partial charge on any atom is -0.362 e. The molecule has 2 aliphatic rings. The lowest BCUT2D eigenvalue weighted by Crippen LogP contribution is -2.56. The third-order valence-electron chi connectivity index (χ3n) is 4.75. The molecule has 1 N–H and O–H groups in total. The average molecular weight is 340 g/mol. The van der Waals surface area contributed by atoms with Crippen molar-refractivity contribution in [3.8, 4) is 0 Å². The van der Waals surface area contributed by atoms with Crippen LogP contribution in [-0.4, -0.2) is 33.6 Å². The SMILES string of the molecule is O=C(c1ccccc1)N1N=C(C2CCCCC2)C[C@]1(O)C(F)(F)F. The molecule has 0 radical (unpaired) electrons. The van der Waals surface area contributed by atoms with Crippen molar-refractivity contribution < 1.29 is 23.1 Å². The molecule has 1 fully saturated rings. The van der Waals surface area contributed by atoms with E-state index < -0.39 is 24.2 Å². The first-order valence-electron chi connectivity index (χ1n) is 8.09. The van der Waals surface area contributed by atoms with Gasteiger partial charge in [-0.25, -0.2) is 0 Å². The van der Waals surface area contributed by atoms with E-state index in [0.29, 0.717) is 0 Å². The summed E-state index contributed by atoms with van der Waals surface area (Å²) in [5, 5.41) is 14.5. The summed E-state index contributed by atoms with van der Waals surface area (Å²) < 4.78 is 40.5. The van der Waals surface area contributed by atoms with Gasteiger partial charge in [0, 0.05) is 17.7 Å². The van der Waals surface area contributed by atoms with Gasteiger partial charge in [0.2, 0.25) is 0 Å². The number of alkyl halides is 3. The molecule has 1 atom stereocenters. The number of hydrogen-bond donors (Lipinski definition) is 1. The summed E-state index contributed by atoms with van der Waals surface area (Å²) in [7, 11) is 0. The zero-order valence-corrected chi connectivity index (χ0v) is 13.1. The number of nitrogens with zero attached hydrogens (tertiary/aromatic N) is 2. The van der Waals surface area contributed by atoms with Crippen LogP contribution in [0.25, 0.3) is 0 Å². The maximum atomic E-state index is 13.5. The molecule has 1 aliphatic carbocycles. The molecule has 1 amide bonds. The lowest BCUT2D eigenvalue weighted by Gasteiger charge is -2.32. The Morgan fingerprint density at radius 3 is 2.38 bits per heavy atom. The number of hydrazone groups is 1. The van der Waals surface area contributed by atoms with Crippen LogP contribution in [-0.2, 0) is 0 Å². The Hall–Kier alpha value is -1.89. The number of rotatable bonds is 2. The molecular formula is C17H19F3N2O2. The Kier molecular flexibility index (Phi) is 4.38. The minimum absolute atomic E-state index is 0.0637. The van der Waals surface area contributed by atoms with Crippen molar-refractivity contribution in [1.29, 1.82) is 0 Å². The zero-order chi connectivity index (χ0) is 17.4. The average Bonchev–Trinajstić information content (AvgIpc) is 2.95. The number of benzene rings is 1. The van der Waals surface area contributed by atoms with Crippen LogP contribution < -0.4 is 0 Å². The molecule has 0 spiro atoms. The van der Waals surface area contributed by atoms with Crippen LogP contribution in [0, 0.1) is 5.92 Å². The predicted molar refractivity (Wildman–Crippen MR) is 82.2 cm³/mol. The van der Waals surface area contributed by atoms with Gasteiger partial charge in [-0.1, -0.05) is 37.5 Å². The Balaban J connectivity index is 1.94. The monoisotopic (exact) mass is 340 g/mol. The third-order valence-corrected chi connectivity index (χ3v) is 4.75. The van der Waals surface area contributed by atoms with Gasteiger partial charge in [-0.05, 0) is 30.9 Å². The molecule has 1 aromatic carbocycles. The van der Waals surface area contributed by atoms with Crippen molar-refractivity contribution in [2.75, 3.05) is 0 Å². The van der Waals surface area contributed by atoms with Gasteiger partial charge in [-0.3, -0.25) is 4.79 Å². The van der Waals surface area contributed by atoms with Gasteiger partial charge in [-0.15, -0.1) is 0 Å². The fraction of sp³-hybridized carbons (Fsp3) is 0.529. The molecule has 0 saturated heterocycles. The topological polar surface area (TPSA) is 52.9 Å². The highest BCUT2D eigenvalue weighted by molar-refractivity contribution is 5.98. The van der Waals surface area contributed by atoms with Crippen molar-refractivity contribution in [2.45, 2.75) is 50.4 Å². The number of amides is 1. The van der Waals surface area contributed by atoms with Crippen molar-refractivity contribution >= 4 is 11.6 Å². The van der Waals surface area contributed by atoms with Gasteiger partial charge >= 0.3 is 6.18 Å². The van der Waals surface area contributed by atoms with Gasteiger partial charge in [0.05, 0.1) is 0 Å². The van der Waals surface area contributed by atoms with E-state index in [2.05, 4.69) is 5.10 Å². The predicted octanol–water partition coefficient (Wildman–Crippen LogP) is 3.72. The van der Waals surface area contributed by atoms with E-state index in [-0.39, 0.29) is 22.2 Å². The quantitative estimate of drug-likeness (QED) is 0.892. The van der Waals surface area contributed by atoms with Crippen LogP contribution in [0.2, 0.25) is 0 Å². The molecule has 4 nitrogen and oxygen atoms in total. The first-order valence-corrected chi connectivity index (χ1v) is 8.09. The number of aliphatic hydroxyl groups is 1. The molecule has 1 aromatic rings. The second-order valence-corrected chi connectivity index (χ2v) is 6.40. The molecule has 1 aliphatic heterocycles. The lowest BCUT2D eigenvalue weighted by atomic mass is 9.83. The summed E-state index contributed by atoms with van der Waals surface area (Å²) >= 11 is 0. The van der Waals surface area contributed by atoms with E-state index in [9.17, 15) is 23.1 Å². The summed E-state index contributed by atoms with van der Waals surface area (Å²) in [6, 6.07) is 7.59. The van der Waals surface area contributed by atoms with Crippen LogP contribution in [0.5, 0.6) is 0 Å². The normalized spacial score (nSPS) is 25.7. The van der Waals surface area contributed by atoms with E-state index in [0.717, 1.165) is 32.1 Å². The molecule has 7 heteroatoms. The summed E-state index contributed by atoms with van der Waals surface area (Å²) in [5.41, 5.74) is -2.93. The molecular weight excluding hydrogens is 321 g/mol. The summed E-state index contributed by atoms with van der Waals surface area (Å²) in [5.74, 6) is -1.04. The van der Waals surface area contributed by atoms with E-state index in [1.165, 1.54) is 12.1 Å². The summed E-state index contributed by atoms with van der Waals surface area (Å²) in [6.07, 6.45) is -1.22. The molecule has 3 rings (SSSR count). The lowest BCUT2D eigenvalue weighted by molar-refractivity contribution is -0.297. The van der Waals surface area contributed by atoms with Crippen LogP contribution >= 0.6 is 0 Å². The summed E-state index contributed by atoms with van der Waals surface area (Å²) in [6.45, 7) is 0. The van der Waals surface area contributed by atoms with Crippen molar-refractivity contribution in [3.05, 3.63) is 35.9 Å². The molecule has 1 saturated carbocycles. The standard InChI is InChI=1S/C17H19F3N2O2/c18-17(19,20)16(24)11-14(12-7-3-1-4-8-12)21-22(16)15(23)13-9-5-2-6-10-13/h2,5-6,9-10,12,24H,1,3-4,7-8,11H2/t16-/m0/s1. The molecule has 0 aromatic heterocycles. The van der Waals surface area contributed by atoms with Crippen LogP contribution in [0.3, 0.4) is 0 Å². The Morgan fingerprint density at radius 2 is 1.79 bits per heavy atom. The van der Waals surface area contributed by atoms with Crippen LogP contribution in [0.15, 0.2) is 35.4 Å². The fourth-order valence-electron chi connectivity index (χ4n) is 3.37. The molecule has 0 unspecified atom stereocenters. The fourth-order valence-corrected chi connectivity index (χ4v) is 3.37. The van der Waals surface area contributed by atoms with Crippen LogP contribution in [0.4, 0.5) is 13.2 Å².